The molecular weight excluding hydrogens is 212 g/mol. The Morgan fingerprint density at radius 3 is 2.53 bits per heavy atom. The first-order chi connectivity index (χ1) is 7.19. The third kappa shape index (κ3) is 3.43. The van der Waals surface area contributed by atoms with Crippen molar-refractivity contribution in [1.82, 2.24) is 9.97 Å². The van der Waals surface area contributed by atoms with Crippen LogP contribution >= 0.6 is 11.6 Å². The van der Waals surface area contributed by atoms with Gasteiger partial charge in [0.05, 0.1) is 0 Å². The number of ether oxygens (including phenoxy) is 1. The first kappa shape index (κ1) is 12.4. The van der Waals surface area contributed by atoms with Crippen LogP contribution in [-0.4, -0.2) is 16.6 Å². The van der Waals surface area contributed by atoms with Gasteiger partial charge in [-0.2, -0.15) is 0 Å². The van der Waals surface area contributed by atoms with Gasteiger partial charge in [-0.05, 0) is 19.8 Å². The van der Waals surface area contributed by atoms with E-state index in [9.17, 15) is 0 Å². The normalized spacial score (nSPS) is 10.7. The van der Waals surface area contributed by atoms with E-state index in [-0.39, 0.29) is 0 Å². The monoisotopic (exact) mass is 228 g/mol. The minimum atomic E-state index is 0.443. The Balaban J connectivity index is 2.75. The first-order valence-corrected chi connectivity index (χ1v) is 5.66. The second-order valence-corrected chi connectivity index (χ2v) is 3.76. The van der Waals surface area contributed by atoms with Gasteiger partial charge in [0.25, 0.3) is 0 Å². The van der Waals surface area contributed by atoms with Crippen molar-refractivity contribution in [3.63, 3.8) is 0 Å². The Labute approximate surface area is 95.8 Å². The molecule has 1 aromatic rings. The zero-order chi connectivity index (χ0) is 11.3. The molecule has 0 aromatic carbocycles. The van der Waals surface area contributed by atoms with E-state index in [0.29, 0.717) is 17.6 Å². The second kappa shape index (κ2) is 6.03. The number of hydrogen-bond donors (Lipinski definition) is 0. The van der Waals surface area contributed by atoms with E-state index >= 15 is 0 Å². The Kier molecular flexibility index (Phi) is 4.99. The van der Waals surface area contributed by atoms with E-state index in [1.165, 1.54) is 0 Å². The van der Waals surface area contributed by atoms with Crippen LogP contribution in [0.5, 0.6) is 0 Å². The highest BCUT2D eigenvalue weighted by molar-refractivity contribution is 6.30. The topological polar surface area (TPSA) is 35.0 Å². The van der Waals surface area contributed by atoms with Crippen molar-refractivity contribution in [2.45, 2.75) is 40.2 Å². The number of halogens is 1. The summed E-state index contributed by atoms with van der Waals surface area (Å²) in [5.41, 5.74) is 1.98. The van der Waals surface area contributed by atoms with Crippen LogP contribution in [0, 0.1) is 6.92 Å². The molecule has 84 valence electrons. The van der Waals surface area contributed by atoms with Gasteiger partial charge < -0.3 is 4.74 Å². The lowest BCUT2D eigenvalue weighted by atomic mass is 10.2. The van der Waals surface area contributed by atoms with Crippen molar-refractivity contribution in [2.75, 3.05) is 6.61 Å². The smallest absolute Gasteiger partial charge is 0.155 e. The molecule has 15 heavy (non-hydrogen) atoms. The molecular formula is C11H17ClN2O. The molecule has 0 aliphatic rings. The van der Waals surface area contributed by atoms with E-state index in [4.69, 9.17) is 16.3 Å². The van der Waals surface area contributed by atoms with Crippen LogP contribution in [-0.2, 0) is 17.8 Å². The zero-order valence-corrected chi connectivity index (χ0v) is 10.3. The molecule has 0 aliphatic heterocycles. The summed E-state index contributed by atoms with van der Waals surface area (Å²) >= 11 is 6.04. The summed E-state index contributed by atoms with van der Waals surface area (Å²) in [6.07, 6.45) is 1.86. The Morgan fingerprint density at radius 2 is 2.00 bits per heavy atom. The number of rotatable bonds is 5. The summed E-state index contributed by atoms with van der Waals surface area (Å²) in [6.45, 7) is 7.24. The van der Waals surface area contributed by atoms with Gasteiger partial charge in [-0.15, -0.1) is 0 Å². The summed E-state index contributed by atoms with van der Waals surface area (Å²) in [5.74, 6) is 0.670. The van der Waals surface area contributed by atoms with Crippen LogP contribution in [0.15, 0.2) is 0 Å². The quantitative estimate of drug-likeness (QED) is 0.574. The summed E-state index contributed by atoms with van der Waals surface area (Å²) in [7, 11) is 0. The summed E-state index contributed by atoms with van der Waals surface area (Å²) < 4.78 is 5.37. The van der Waals surface area contributed by atoms with Gasteiger partial charge in [-0.1, -0.05) is 25.4 Å². The molecule has 0 saturated heterocycles. The van der Waals surface area contributed by atoms with E-state index < -0.39 is 0 Å². The van der Waals surface area contributed by atoms with Gasteiger partial charge >= 0.3 is 0 Å². The van der Waals surface area contributed by atoms with Crippen molar-refractivity contribution < 1.29 is 4.74 Å². The van der Waals surface area contributed by atoms with Crippen molar-refractivity contribution in [2.24, 2.45) is 0 Å². The van der Waals surface area contributed by atoms with E-state index in [2.05, 4.69) is 16.9 Å². The number of hydrogen-bond acceptors (Lipinski definition) is 3. The van der Waals surface area contributed by atoms with Gasteiger partial charge in [0.1, 0.15) is 11.8 Å². The lowest BCUT2D eigenvalue weighted by Gasteiger charge is -2.07. The molecule has 0 aliphatic carbocycles. The maximum Gasteiger partial charge on any atom is 0.155 e. The zero-order valence-electron chi connectivity index (χ0n) is 9.51. The molecule has 0 radical (unpaired) electrons. The molecule has 1 rings (SSSR count). The standard InChI is InChI=1S/C11H17ClN2O/c1-4-6-15-7-10-13-8(3)9(5-2)11(12)14-10/h4-7H2,1-3H3. The number of aryl methyl sites for hydroxylation is 1. The number of nitrogens with zero attached hydrogens (tertiary/aromatic N) is 2. The second-order valence-electron chi connectivity index (χ2n) is 3.40. The van der Waals surface area contributed by atoms with Crippen LogP contribution in [0.3, 0.4) is 0 Å². The lowest BCUT2D eigenvalue weighted by Crippen LogP contribution is -2.04. The largest absolute Gasteiger partial charge is 0.373 e. The Bertz CT molecular complexity index is 305. The molecule has 0 atom stereocenters. The highest BCUT2D eigenvalue weighted by Gasteiger charge is 2.07. The summed E-state index contributed by atoms with van der Waals surface area (Å²) in [5, 5.41) is 0.556. The van der Waals surface area contributed by atoms with Crippen LogP contribution in [0.4, 0.5) is 0 Å². The molecule has 0 N–H and O–H groups in total. The van der Waals surface area contributed by atoms with Gasteiger partial charge in [-0.25, -0.2) is 9.97 Å². The van der Waals surface area contributed by atoms with Gasteiger partial charge in [0.15, 0.2) is 5.82 Å². The molecule has 1 aromatic heterocycles. The fraction of sp³-hybridized carbons (Fsp3) is 0.636. The predicted molar refractivity (Wildman–Crippen MR) is 61.1 cm³/mol. The molecule has 1 heterocycles. The minimum absolute atomic E-state index is 0.443. The van der Waals surface area contributed by atoms with Crippen molar-refractivity contribution in [3.8, 4) is 0 Å². The molecule has 0 bridgehead atoms. The van der Waals surface area contributed by atoms with E-state index in [1.54, 1.807) is 0 Å². The Morgan fingerprint density at radius 1 is 1.27 bits per heavy atom. The van der Waals surface area contributed by atoms with Crippen LogP contribution in [0.2, 0.25) is 5.15 Å². The molecule has 0 unspecified atom stereocenters. The van der Waals surface area contributed by atoms with Crippen molar-refractivity contribution in [3.05, 3.63) is 22.2 Å². The molecule has 0 saturated carbocycles. The lowest BCUT2D eigenvalue weighted by molar-refractivity contribution is 0.116. The maximum absolute atomic E-state index is 6.04. The third-order valence-corrected chi connectivity index (χ3v) is 2.46. The molecule has 3 nitrogen and oxygen atoms in total. The van der Waals surface area contributed by atoms with Gasteiger partial charge in [0.2, 0.25) is 0 Å². The third-order valence-electron chi connectivity index (χ3n) is 2.14. The van der Waals surface area contributed by atoms with E-state index in [1.807, 2.05) is 13.8 Å². The van der Waals surface area contributed by atoms with Crippen LogP contribution in [0.25, 0.3) is 0 Å². The van der Waals surface area contributed by atoms with Crippen LogP contribution in [0.1, 0.15) is 37.4 Å². The average molecular weight is 229 g/mol. The van der Waals surface area contributed by atoms with Crippen molar-refractivity contribution >= 4 is 11.6 Å². The SMILES string of the molecule is CCCOCc1nc(C)c(CC)c(Cl)n1. The number of aromatic nitrogens is 2. The first-order valence-electron chi connectivity index (χ1n) is 5.28. The van der Waals surface area contributed by atoms with Gasteiger partial charge in [0, 0.05) is 17.9 Å². The Hall–Kier alpha value is -0.670. The molecule has 0 amide bonds. The molecule has 0 fully saturated rings. The molecule has 0 spiro atoms. The van der Waals surface area contributed by atoms with Crippen molar-refractivity contribution in [1.29, 1.82) is 0 Å². The fourth-order valence-corrected chi connectivity index (χ4v) is 1.76. The average Bonchev–Trinajstić information content (AvgIpc) is 2.18. The highest BCUT2D eigenvalue weighted by atomic mass is 35.5. The maximum atomic E-state index is 6.04. The minimum Gasteiger partial charge on any atom is -0.373 e. The van der Waals surface area contributed by atoms with Crippen LogP contribution < -0.4 is 0 Å². The van der Waals surface area contributed by atoms with E-state index in [0.717, 1.165) is 30.7 Å². The summed E-state index contributed by atoms with van der Waals surface area (Å²) in [4.78, 5) is 8.56. The fourth-order valence-electron chi connectivity index (χ4n) is 1.39. The predicted octanol–water partition coefficient (Wildman–Crippen LogP) is 2.93. The van der Waals surface area contributed by atoms with Gasteiger partial charge in [-0.3, -0.25) is 0 Å². The molecule has 4 heteroatoms. The summed E-state index contributed by atoms with van der Waals surface area (Å²) in [6, 6.07) is 0. The highest BCUT2D eigenvalue weighted by Crippen LogP contribution is 2.17.